The fourth-order valence-corrected chi connectivity index (χ4v) is 4.22. The van der Waals surface area contributed by atoms with E-state index in [2.05, 4.69) is 19.9 Å². The predicted molar refractivity (Wildman–Crippen MR) is 129 cm³/mol. The molecule has 3 N–H and O–H groups in total. The number of rotatable bonds is 5. The van der Waals surface area contributed by atoms with Crippen LogP contribution in [0.15, 0.2) is 47.4 Å². The lowest BCUT2D eigenvalue weighted by Gasteiger charge is -2.32. The first-order chi connectivity index (χ1) is 17.1. The molecular weight excluding hydrogens is 450 g/mol. The van der Waals surface area contributed by atoms with Crippen molar-refractivity contribution in [3.63, 3.8) is 0 Å². The molecule has 11 heteroatoms. The van der Waals surface area contributed by atoms with Gasteiger partial charge in [0.15, 0.2) is 5.95 Å². The molecule has 2 fully saturated rings. The van der Waals surface area contributed by atoms with Gasteiger partial charge in [0.25, 0.3) is 11.5 Å². The Hall–Kier alpha value is -3.99. The van der Waals surface area contributed by atoms with Gasteiger partial charge in [0.05, 0.1) is 24.5 Å². The van der Waals surface area contributed by atoms with Gasteiger partial charge in [-0.2, -0.15) is 4.98 Å². The molecule has 11 nitrogen and oxygen atoms in total. The maximum absolute atomic E-state index is 12.7. The van der Waals surface area contributed by atoms with E-state index in [9.17, 15) is 9.59 Å². The van der Waals surface area contributed by atoms with Crippen LogP contribution >= 0.6 is 0 Å². The molecule has 1 amide bonds. The molecule has 4 heterocycles. The maximum Gasteiger partial charge on any atom is 0.261 e. The second kappa shape index (κ2) is 10.1. The number of anilines is 2. The summed E-state index contributed by atoms with van der Waals surface area (Å²) in [6, 6.07) is 10.9. The molecule has 0 radical (unpaired) electrons. The summed E-state index contributed by atoms with van der Waals surface area (Å²) in [6.45, 7) is 3.60. The summed E-state index contributed by atoms with van der Waals surface area (Å²) in [7, 11) is 0. The lowest BCUT2D eigenvalue weighted by Crippen LogP contribution is -2.42. The molecular formula is C24H27N7O4. The number of carbonyl (C=O) groups is 1. The Balaban J connectivity index is 1.34. The number of likely N-dealkylation sites (tertiary alicyclic amines) is 1. The topological polar surface area (TPSA) is 140 Å². The van der Waals surface area contributed by atoms with E-state index in [1.807, 2.05) is 40.1 Å². The molecule has 0 saturated carbocycles. The number of nitrogens with two attached hydrogens (primary N) is 1. The van der Waals surface area contributed by atoms with E-state index >= 15 is 0 Å². The minimum absolute atomic E-state index is 0.0260. The van der Waals surface area contributed by atoms with Crippen LogP contribution in [0.25, 0.3) is 11.3 Å². The molecule has 35 heavy (non-hydrogen) atoms. The third kappa shape index (κ3) is 5.24. The van der Waals surface area contributed by atoms with Crippen LogP contribution in [0.5, 0.6) is 5.88 Å². The number of hydrogen-bond donors (Lipinski definition) is 2. The molecule has 0 atom stereocenters. The normalized spacial score (nSPS) is 16.8. The van der Waals surface area contributed by atoms with E-state index in [4.69, 9.17) is 15.2 Å². The Bertz CT molecular complexity index is 1240. The van der Waals surface area contributed by atoms with Crippen LogP contribution < -0.4 is 20.9 Å². The van der Waals surface area contributed by atoms with Crippen molar-refractivity contribution in [3.05, 3.63) is 58.5 Å². The molecule has 0 spiro atoms. The van der Waals surface area contributed by atoms with Crippen LogP contribution in [0.2, 0.25) is 0 Å². The summed E-state index contributed by atoms with van der Waals surface area (Å²) in [5.41, 5.74) is 6.59. The summed E-state index contributed by atoms with van der Waals surface area (Å²) in [5.74, 6) is 0.904. The number of nitrogen functional groups attached to an aromatic ring is 1. The number of aromatic nitrogens is 4. The Morgan fingerprint density at radius 3 is 2.54 bits per heavy atom. The van der Waals surface area contributed by atoms with E-state index in [0.717, 1.165) is 0 Å². The van der Waals surface area contributed by atoms with Crippen LogP contribution in [0.1, 0.15) is 23.2 Å². The maximum atomic E-state index is 12.7. The zero-order valence-corrected chi connectivity index (χ0v) is 19.2. The highest BCUT2D eigenvalue weighted by Gasteiger charge is 2.26. The average molecular weight is 478 g/mol. The Morgan fingerprint density at radius 1 is 1.09 bits per heavy atom. The minimum atomic E-state index is -0.386. The SMILES string of the molecule is Nc1ncc(-c2cc(OC3CCN(C(=O)c4ccccc4)CC3)nc(N3CCOCC3)n2)c(=O)[nH]1. The van der Waals surface area contributed by atoms with E-state index < -0.39 is 0 Å². The Morgan fingerprint density at radius 2 is 1.83 bits per heavy atom. The summed E-state index contributed by atoms with van der Waals surface area (Å²) >= 11 is 0. The molecule has 0 bridgehead atoms. The highest BCUT2D eigenvalue weighted by atomic mass is 16.5. The zero-order valence-electron chi connectivity index (χ0n) is 19.2. The van der Waals surface area contributed by atoms with Gasteiger partial charge < -0.3 is 25.0 Å². The van der Waals surface area contributed by atoms with Crippen molar-refractivity contribution in [1.82, 2.24) is 24.8 Å². The monoisotopic (exact) mass is 477 g/mol. The van der Waals surface area contributed by atoms with Crippen LogP contribution in [-0.4, -0.2) is 76.2 Å². The molecule has 1 aromatic carbocycles. The third-order valence-corrected chi connectivity index (χ3v) is 6.12. The van der Waals surface area contributed by atoms with Crippen LogP contribution in [0, 0.1) is 0 Å². The molecule has 2 aliphatic rings. The molecule has 3 aromatic rings. The van der Waals surface area contributed by atoms with Crippen molar-refractivity contribution >= 4 is 17.8 Å². The number of benzene rings is 1. The standard InChI is InChI=1S/C24H27N7O4/c25-23-26-15-18(21(32)29-23)19-14-20(28-24(27-19)31-10-12-34-13-11-31)35-17-6-8-30(9-7-17)22(33)16-4-2-1-3-5-16/h1-5,14-15,17H,6-13H2,(H3,25,26,29,32). The van der Waals surface area contributed by atoms with Gasteiger partial charge in [-0.1, -0.05) is 18.2 Å². The number of amides is 1. The quantitative estimate of drug-likeness (QED) is 0.557. The van der Waals surface area contributed by atoms with Crippen molar-refractivity contribution in [2.75, 3.05) is 50.0 Å². The van der Waals surface area contributed by atoms with Gasteiger partial charge in [0.1, 0.15) is 6.10 Å². The molecule has 182 valence electrons. The molecule has 2 saturated heterocycles. The van der Waals surface area contributed by atoms with E-state index in [-0.39, 0.29) is 29.1 Å². The summed E-state index contributed by atoms with van der Waals surface area (Å²) in [6.07, 6.45) is 2.64. The van der Waals surface area contributed by atoms with Gasteiger partial charge >= 0.3 is 0 Å². The molecule has 5 rings (SSSR count). The van der Waals surface area contributed by atoms with E-state index in [1.165, 1.54) is 6.20 Å². The van der Waals surface area contributed by atoms with Gasteiger partial charge in [-0.15, -0.1) is 0 Å². The Kier molecular flexibility index (Phi) is 6.57. The minimum Gasteiger partial charge on any atom is -0.474 e. The number of piperidine rings is 1. The predicted octanol–water partition coefficient (Wildman–Crippen LogP) is 1.33. The number of nitrogens with one attached hydrogen (secondary N) is 1. The summed E-state index contributed by atoms with van der Waals surface area (Å²) in [4.78, 5) is 44.8. The lowest BCUT2D eigenvalue weighted by atomic mass is 10.1. The smallest absolute Gasteiger partial charge is 0.261 e. The van der Waals surface area contributed by atoms with Crippen LogP contribution in [-0.2, 0) is 4.74 Å². The molecule has 0 aliphatic carbocycles. The van der Waals surface area contributed by atoms with Crippen LogP contribution in [0.4, 0.5) is 11.9 Å². The highest BCUT2D eigenvalue weighted by molar-refractivity contribution is 5.94. The summed E-state index contributed by atoms with van der Waals surface area (Å²) in [5, 5.41) is 0. The van der Waals surface area contributed by atoms with Gasteiger partial charge in [-0.25, -0.2) is 9.97 Å². The first kappa shape index (κ1) is 22.8. The van der Waals surface area contributed by atoms with Crippen molar-refractivity contribution < 1.29 is 14.3 Å². The van der Waals surface area contributed by atoms with Gasteiger partial charge in [-0.05, 0) is 12.1 Å². The fourth-order valence-electron chi connectivity index (χ4n) is 4.22. The van der Waals surface area contributed by atoms with Crippen LogP contribution in [0.3, 0.4) is 0 Å². The van der Waals surface area contributed by atoms with Gasteiger partial charge in [0, 0.05) is 56.8 Å². The van der Waals surface area contributed by atoms with Gasteiger partial charge in [-0.3, -0.25) is 14.6 Å². The first-order valence-electron chi connectivity index (χ1n) is 11.6. The first-order valence-corrected chi connectivity index (χ1v) is 11.6. The number of morpholine rings is 1. The second-order valence-electron chi connectivity index (χ2n) is 8.48. The van der Waals surface area contributed by atoms with E-state index in [1.54, 1.807) is 6.07 Å². The summed E-state index contributed by atoms with van der Waals surface area (Å²) < 4.78 is 11.7. The largest absolute Gasteiger partial charge is 0.474 e. The van der Waals surface area contributed by atoms with Crippen molar-refractivity contribution in [1.29, 1.82) is 0 Å². The zero-order chi connectivity index (χ0) is 24.2. The third-order valence-electron chi connectivity index (χ3n) is 6.12. The van der Waals surface area contributed by atoms with E-state index in [0.29, 0.717) is 75.3 Å². The average Bonchev–Trinajstić information content (AvgIpc) is 2.89. The number of aromatic amines is 1. The number of hydrogen-bond acceptors (Lipinski definition) is 9. The molecule has 2 aromatic heterocycles. The number of carbonyl (C=O) groups excluding carboxylic acids is 1. The lowest BCUT2D eigenvalue weighted by molar-refractivity contribution is 0.0587. The van der Waals surface area contributed by atoms with Crippen molar-refractivity contribution in [2.24, 2.45) is 0 Å². The Labute approximate surface area is 201 Å². The number of H-pyrrole nitrogens is 1. The number of ether oxygens (including phenoxy) is 2. The molecule has 0 unspecified atom stereocenters. The highest BCUT2D eigenvalue weighted by Crippen LogP contribution is 2.25. The second-order valence-corrected chi connectivity index (χ2v) is 8.48. The van der Waals surface area contributed by atoms with Gasteiger partial charge in [0.2, 0.25) is 11.8 Å². The van der Waals surface area contributed by atoms with Crippen molar-refractivity contribution in [3.8, 4) is 17.1 Å². The fraction of sp³-hybridized carbons (Fsp3) is 0.375. The number of nitrogens with zero attached hydrogens (tertiary/aromatic N) is 5. The molecule has 2 aliphatic heterocycles. The van der Waals surface area contributed by atoms with Crippen molar-refractivity contribution in [2.45, 2.75) is 18.9 Å².